The summed E-state index contributed by atoms with van der Waals surface area (Å²) < 4.78 is 4.72. The predicted octanol–water partition coefficient (Wildman–Crippen LogP) is 15.6. The van der Waals surface area contributed by atoms with Crippen molar-refractivity contribution in [3.63, 3.8) is 0 Å². The third-order valence-corrected chi connectivity index (χ3v) is 12.9. The van der Waals surface area contributed by atoms with Crippen LogP contribution in [-0.2, 0) is 0 Å². The van der Waals surface area contributed by atoms with Crippen molar-refractivity contribution in [2.45, 2.75) is 0 Å². The number of benzene rings is 10. The van der Waals surface area contributed by atoms with Crippen molar-refractivity contribution < 1.29 is 0 Å². The second-order valence-electron chi connectivity index (χ2n) is 16.8. The van der Waals surface area contributed by atoms with E-state index in [1.54, 1.807) is 0 Å². The molecule has 3 heterocycles. The summed E-state index contributed by atoms with van der Waals surface area (Å²) in [5.74, 6) is 1.78. The molecule has 0 spiro atoms. The van der Waals surface area contributed by atoms with E-state index in [0.717, 1.165) is 82.7 Å². The first-order valence-corrected chi connectivity index (χ1v) is 22.4. The van der Waals surface area contributed by atoms with Crippen LogP contribution in [0.5, 0.6) is 0 Å². The van der Waals surface area contributed by atoms with E-state index >= 15 is 0 Å². The molecule has 0 radical (unpaired) electrons. The molecule has 308 valence electrons. The van der Waals surface area contributed by atoms with Crippen LogP contribution in [0.3, 0.4) is 0 Å². The summed E-state index contributed by atoms with van der Waals surface area (Å²) in [4.78, 5) is 16.0. The van der Waals surface area contributed by atoms with Gasteiger partial charge in [0, 0.05) is 43.7 Å². The molecule has 10 aromatic carbocycles. The molecule has 5 heteroatoms. The Balaban J connectivity index is 1.12. The van der Waals surface area contributed by atoms with Gasteiger partial charge in [-0.15, -0.1) is 0 Å². The van der Waals surface area contributed by atoms with Gasteiger partial charge in [-0.2, -0.15) is 9.97 Å². The molecule has 3 aromatic heterocycles. The summed E-state index contributed by atoms with van der Waals surface area (Å²) in [6.45, 7) is 0. The molecule has 0 saturated heterocycles. The molecule has 0 aliphatic carbocycles. The third-order valence-electron chi connectivity index (χ3n) is 12.9. The zero-order valence-electron chi connectivity index (χ0n) is 35.8. The average Bonchev–Trinajstić information content (AvgIpc) is 3.93. The minimum Gasteiger partial charge on any atom is -0.309 e. The third kappa shape index (κ3) is 6.21. The van der Waals surface area contributed by atoms with E-state index < -0.39 is 0 Å². The lowest BCUT2D eigenvalue weighted by molar-refractivity contribution is 0.955. The number of aromatic nitrogens is 5. The number of para-hydroxylation sites is 1. The van der Waals surface area contributed by atoms with Crippen molar-refractivity contribution >= 4 is 54.4 Å². The fraction of sp³-hybridized carbons (Fsp3) is 0. The minimum atomic E-state index is 0.562. The predicted molar refractivity (Wildman–Crippen MR) is 273 cm³/mol. The Morgan fingerprint density at radius 2 is 0.758 bits per heavy atom. The van der Waals surface area contributed by atoms with Gasteiger partial charge >= 0.3 is 0 Å². The highest BCUT2D eigenvalue weighted by Gasteiger charge is 2.24. The Bertz CT molecular complexity index is 3910. The van der Waals surface area contributed by atoms with Crippen LogP contribution in [0.25, 0.3) is 122 Å². The topological polar surface area (TPSA) is 48.5 Å². The molecule has 0 amide bonds. The highest BCUT2D eigenvalue weighted by Crippen LogP contribution is 2.45. The Hall–Kier alpha value is -8.93. The minimum absolute atomic E-state index is 0.562. The van der Waals surface area contributed by atoms with Gasteiger partial charge in [-0.25, -0.2) is 4.98 Å². The molecule has 13 rings (SSSR count). The number of hydrogen-bond acceptors (Lipinski definition) is 3. The molecule has 0 saturated carbocycles. The van der Waals surface area contributed by atoms with Crippen molar-refractivity contribution in [3.8, 4) is 67.8 Å². The van der Waals surface area contributed by atoms with E-state index in [-0.39, 0.29) is 0 Å². The quantitative estimate of drug-likeness (QED) is 0.161. The van der Waals surface area contributed by atoms with Gasteiger partial charge in [-0.1, -0.05) is 194 Å². The molecule has 0 aliphatic rings. The van der Waals surface area contributed by atoms with E-state index in [0.29, 0.717) is 17.6 Å². The molecular formula is C61H39N5. The molecule has 66 heavy (non-hydrogen) atoms. The standard InChI is InChI=1S/C61H39N5/c1-5-18-40(19-6-1)45-27-17-28-46(36-45)60-62-59(44-25-11-4-12-26-44)63-61(64-60)66-55-35-34-54-56(57(55)52-33-32-43-24-13-14-29-50(43)58(52)66)51-30-15-16-31-53(51)65(54)49-38-47(41-20-7-2-8-21-41)37-48(39-49)42-22-9-3-10-23-42/h1-39H. The number of hydrogen-bond donors (Lipinski definition) is 0. The summed E-state index contributed by atoms with van der Waals surface area (Å²) in [5.41, 5.74) is 14.2. The van der Waals surface area contributed by atoms with E-state index in [2.05, 4.69) is 221 Å². The Labute approximate surface area is 381 Å². The van der Waals surface area contributed by atoms with Crippen LogP contribution in [0.2, 0.25) is 0 Å². The fourth-order valence-corrected chi connectivity index (χ4v) is 9.93. The van der Waals surface area contributed by atoms with Gasteiger partial charge in [0.1, 0.15) is 0 Å². The van der Waals surface area contributed by atoms with Gasteiger partial charge in [0.2, 0.25) is 5.95 Å². The largest absolute Gasteiger partial charge is 0.309 e. The van der Waals surface area contributed by atoms with E-state index in [1.165, 1.54) is 21.9 Å². The average molecular weight is 842 g/mol. The van der Waals surface area contributed by atoms with Crippen LogP contribution in [-0.4, -0.2) is 24.1 Å². The smallest absolute Gasteiger partial charge is 0.238 e. The molecule has 0 aliphatic heterocycles. The summed E-state index contributed by atoms with van der Waals surface area (Å²) in [6.07, 6.45) is 0. The first-order valence-electron chi connectivity index (χ1n) is 22.4. The zero-order chi connectivity index (χ0) is 43.6. The normalized spacial score (nSPS) is 11.6. The number of rotatable bonds is 7. The van der Waals surface area contributed by atoms with Crippen molar-refractivity contribution in [1.29, 1.82) is 0 Å². The first kappa shape index (κ1) is 37.6. The van der Waals surface area contributed by atoms with Crippen LogP contribution >= 0.6 is 0 Å². The van der Waals surface area contributed by atoms with Gasteiger partial charge in [-0.3, -0.25) is 4.57 Å². The highest BCUT2D eigenvalue weighted by atomic mass is 15.2. The van der Waals surface area contributed by atoms with Gasteiger partial charge in [-0.05, 0) is 81.2 Å². The van der Waals surface area contributed by atoms with Crippen molar-refractivity contribution in [3.05, 3.63) is 237 Å². The summed E-state index contributed by atoms with van der Waals surface area (Å²) in [6, 6.07) is 84.1. The van der Waals surface area contributed by atoms with Gasteiger partial charge in [0.25, 0.3) is 0 Å². The van der Waals surface area contributed by atoms with Crippen LogP contribution in [0, 0.1) is 0 Å². The summed E-state index contributed by atoms with van der Waals surface area (Å²) >= 11 is 0. The monoisotopic (exact) mass is 841 g/mol. The lowest BCUT2D eigenvalue weighted by Crippen LogP contribution is -2.06. The Kier molecular flexibility index (Phi) is 8.78. The molecule has 5 nitrogen and oxygen atoms in total. The SMILES string of the molecule is c1ccc(-c2cccc(-c3nc(-c4ccccc4)nc(-n4c5ccc6c(c7ccccc7n6-c6cc(-c7ccccc7)cc(-c7ccccc7)c6)c5c5ccc6ccccc6c54)n3)c2)cc1. The molecular weight excluding hydrogens is 803 g/mol. The maximum atomic E-state index is 5.42. The van der Waals surface area contributed by atoms with Crippen molar-refractivity contribution in [2.75, 3.05) is 0 Å². The molecule has 0 atom stereocenters. The van der Waals surface area contributed by atoms with Gasteiger partial charge < -0.3 is 4.57 Å². The highest BCUT2D eigenvalue weighted by molar-refractivity contribution is 6.31. The molecule has 0 N–H and O–H groups in total. The van der Waals surface area contributed by atoms with Crippen molar-refractivity contribution in [2.24, 2.45) is 0 Å². The maximum Gasteiger partial charge on any atom is 0.238 e. The maximum absolute atomic E-state index is 5.42. The molecule has 0 unspecified atom stereocenters. The number of fused-ring (bicyclic) bond motifs is 9. The van der Waals surface area contributed by atoms with Gasteiger partial charge in [0.05, 0.1) is 22.1 Å². The number of nitrogens with zero attached hydrogens (tertiary/aromatic N) is 5. The van der Waals surface area contributed by atoms with Crippen molar-refractivity contribution in [1.82, 2.24) is 24.1 Å². The lowest BCUT2D eigenvalue weighted by Gasteiger charge is -2.14. The van der Waals surface area contributed by atoms with Crippen LogP contribution < -0.4 is 0 Å². The summed E-state index contributed by atoms with van der Waals surface area (Å²) in [7, 11) is 0. The van der Waals surface area contributed by atoms with Crippen LogP contribution in [0.15, 0.2) is 237 Å². The zero-order valence-corrected chi connectivity index (χ0v) is 35.8. The van der Waals surface area contributed by atoms with E-state index in [4.69, 9.17) is 15.0 Å². The molecule has 13 aromatic rings. The fourth-order valence-electron chi connectivity index (χ4n) is 9.93. The lowest BCUT2D eigenvalue weighted by atomic mass is 9.98. The first-order chi connectivity index (χ1) is 32.7. The molecule has 0 fully saturated rings. The second-order valence-corrected chi connectivity index (χ2v) is 16.8. The van der Waals surface area contributed by atoms with E-state index in [1.807, 2.05) is 24.3 Å². The van der Waals surface area contributed by atoms with Gasteiger partial charge in [0.15, 0.2) is 11.6 Å². The second kappa shape index (κ2) is 15.4. The Morgan fingerprint density at radius 1 is 0.273 bits per heavy atom. The summed E-state index contributed by atoms with van der Waals surface area (Å²) in [5, 5.41) is 6.92. The Morgan fingerprint density at radius 3 is 1.42 bits per heavy atom. The molecule has 0 bridgehead atoms. The van der Waals surface area contributed by atoms with E-state index in [9.17, 15) is 0 Å². The van der Waals surface area contributed by atoms with Crippen LogP contribution in [0.4, 0.5) is 0 Å². The van der Waals surface area contributed by atoms with Crippen LogP contribution in [0.1, 0.15) is 0 Å².